The van der Waals surface area contributed by atoms with E-state index in [1.807, 2.05) is 49.4 Å². The van der Waals surface area contributed by atoms with E-state index in [-0.39, 0.29) is 18.5 Å². The fourth-order valence-electron chi connectivity index (χ4n) is 3.66. The minimum absolute atomic E-state index is 0.00228. The summed E-state index contributed by atoms with van der Waals surface area (Å²) in [5, 5.41) is 7.70. The van der Waals surface area contributed by atoms with E-state index in [0.717, 1.165) is 28.5 Å². The Bertz CT molecular complexity index is 940. The maximum absolute atomic E-state index is 13.1. The van der Waals surface area contributed by atoms with E-state index >= 15 is 0 Å². The average molecular weight is 396 g/mol. The van der Waals surface area contributed by atoms with Gasteiger partial charge in [0.15, 0.2) is 0 Å². The van der Waals surface area contributed by atoms with E-state index in [2.05, 4.69) is 24.5 Å². The van der Waals surface area contributed by atoms with Gasteiger partial charge in [-0.15, -0.1) is 0 Å². The highest BCUT2D eigenvalue weighted by Crippen LogP contribution is 2.30. The molecule has 2 aromatic carbocycles. The molecular formula is C23H29N3O3. The van der Waals surface area contributed by atoms with Crippen LogP contribution in [0.25, 0.3) is 10.8 Å². The maximum atomic E-state index is 13.1. The fourth-order valence-corrected chi connectivity index (χ4v) is 3.66. The normalized spacial score (nSPS) is 20.2. The first-order valence-corrected chi connectivity index (χ1v) is 10.1. The summed E-state index contributed by atoms with van der Waals surface area (Å²) in [6.07, 6.45) is 1.86. The third kappa shape index (κ3) is 4.42. The molecule has 2 N–H and O–H groups in total. The lowest BCUT2D eigenvalue weighted by Crippen LogP contribution is -2.45. The number of carbonyl (C=O) groups excluding carboxylic acids is 3. The van der Waals surface area contributed by atoms with E-state index in [1.165, 1.54) is 0 Å². The van der Waals surface area contributed by atoms with E-state index in [4.69, 9.17) is 0 Å². The van der Waals surface area contributed by atoms with Crippen LogP contribution in [0.5, 0.6) is 0 Å². The molecule has 0 aliphatic carbocycles. The van der Waals surface area contributed by atoms with Gasteiger partial charge in [-0.05, 0) is 55.0 Å². The Morgan fingerprint density at radius 2 is 1.76 bits per heavy atom. The number of fused-ring (bicyclic) bond motifs is 1. The van der Waals surface area contributed by atoms with Crippen molar-refractivity contribution in [3.8, 4) is 0 Å². The van der Waals surface area contributed by atoms with E-state index in [0.29, 0.717) is 11.5 Å². The largest absolute Gasteiger partial charge is 0.352 e. The van der Waals surface area contributed by atoms with Crippen molar-refractivity contribution in [3.05, 3.63) is 48.0 Å². The predicted molar refractivity (Wildman–Crippen MR) is 113 cm³/mol. The van der Waals surface area contributed by atoms with Crippen molar-refractivity contribution in [3.63, 3.8) is 0 Å². The molecule has 1 aliphatic rings. The van der Waals surface area contributed by atoms with Crippen LogP contribution in [0, 0.1) is 5.92 Å². The Morgan fingerprint density at radius 3 is 2.45 bits per heavy atom. The molecule has 4 amide bonds. The zero-order chi connectivity index (χ0) is 21.2. The molecule has 29 heavy (non-hydrogen) atoms. The highest BCUT2D eigenvalue weighted by Gasteiger charge is 2.49. The average Bonchev–Trinajstić information content (AvgIpc) is 2.90. The molecule has 3 rings (SSSR count). The summed E-state index contributed by atoms with van der Waals surface area (Å²) < 4.78 is 0. The summed E-state index contributed by atoms with van der Waals surface area (Å²) in [5.41, 5.74) is -0.493. The molecule has 6 nitrogen and oxygen atoms in total. The molecule has 0 radical (unpaired) electrons. The van der Waals surface area contributed by atoms with Crippen LogP contribution in [0.1, 0.15) is 46.1 Å². The second-order valence-corrected chi connectivity index (χ2v) is 8.45. The van der Waals surface area contributed by atoms with Gasteiger partial charge in [-0.1, -0.05) is 50.2 Å². The van der Waals surface area contributed by atoms with E-state index in [1.54, 1.807) is 6.92 Å². The molecule has 6 heteroatoms. The fraction of sp³-hybridized carbons (Fsp3) is 0.435. The number of hydrogen-bond acceptors (Lipinski definition) is 3. The molecule has 0 saturated carbocycles. The number of nitrogens with one attached hydrogen (secondary N) is 2. The van der Waals surface area contributed by atoms with Crippen LogP contribution >= 0.6 is 0 Å². The van der Waals surface area contributed by atoms with Crippen molar-refractivity contribution >= 4 is 28.6 Å². The predicted octanol–water partition coefficient (Wildman–Crippen LogP) is 3.55. The number of nitrogens with zero attached hydrogens (tertiary/aromatic N) is 1. The topological polar surface area (TPSA) is 78.5 Å². The lowest BCUT2D eigenvalue weighted by atomic mass is 9.90. The summed E-state index contributed by atoms with van der Waals surface area (Å²) in [6.45, 7) is 7.61. The van der Waals surface area contributed by atoms with Crippen LogP contribution in [0.15, 0.2) is 42.5 Å². The first kappa shape index (κ1) is 20.8. The summed E-state index contributed by atoms with van der Waals surface area (Å²) in [7, 11) is 0. The Morgan fingerprint density at radius 1 is 1.07 bits per heavy atom. The van der Waals surface area contributed by atoms with Gasteiger partial charge >= 0.3 is 6.03 Å². The highest BCUT2D eigenvalue weighted by atomic mass is 16.2. The standard InChI is InChI=1S/C23H29N3O3/c1-15(2)9-10-16(3)24-20(27)14-26-21(28)23(4,25-22(26)29)19-12-11-17-7-5-6-8-18(17)13-19/h5-8,11-13,15-16H,9-10,14H2,1-4H3,(H,24,27)(H,25,29)/t16-,23-/m0/s1. The number of urea groups is 1. The molecule has 1 fully saturated rings. The molecule has 0 spiro atoms. The molecule has 0 unspecified atom stereocenters. The van der Waals surface area contributed by atoms with Crippen molar-refractivity contribution in [1.29, 1.82) is 0 Å². The third-order valence-electron chi connectivity index (χ3n) is 5.49. The number of rotatable bonds is 7. The van der Waals surface area contributed by atoms with Crippen LogP contribution in [-0.4, -0.2) is 35.3 Å². The number of benzene rings is 2. The molecule has 1 aliphatic heterocycles. The Labute approximate surface area is 171 Å². The van der Waals surface area contributed by atoms with Gasteiger partial charge in [0.05, 0.1) is 0 Å². The first-order chi connectivity index (χ1) is 13.7. The number of hydrogen-bond donors (Lipinski definition) is 2. The zero-order valence-electron chi connectivity index (χ0n) is 17.5. The summed E-state index contributed by atoms with van der Waals surface area (Å²) in [5.74, 6) is -0.182. The molecule has 154 valence electrons. The van der Waals surface area contributed by atoms with Crippen molar-refractivity contribution in [2.45, 2.75) is 52.1 Å². The van der Waals surface area contributed by atoms with Crippen LogP contribution in [0.3, 0.4) is 0 Å². The third-order valence-corrected chi connectivity index (χ3v) is 5.49. The van der Waals surface area contributed by atoms with E-state index in [9.17, 15) is 14.4 Å². The van der Waals surface area contributed by atoms with Gasteiger partial charge in [0.25, 0.3) is 5.91 Å². The quantitative estimate of drug-likeness (QED) is 0.704. The van der Waals surface area contributed by atoms with Crippen LogP contribution in [0.4, 0.5) is 4.79 Å². The molecule has 1 heterocycles. The Balaban J connectivity index is 1.72. The number of imide groups is 1. The summed E-state index contributed by atoms with van der Waals surface area (Å²) >= 11 is 0. The molecule has 2 atom stereocenters. The molecule has 1 saturated heterocycles. The smallest absolute Gasteiger partial charge is 0.325 e. The van der Waals surface area contributed by atoms with Gasteiger partial charge in [-0.3, -0.25) is 14.5 Å². The lowest BCUT2D eigenvalue weighted by molar-refractivity contribution is -0.135. The second-order valence-electron chi connectivity index (χ2n) is 8.45. The molecular weight excluding hydrogens is 366 g/mol. The van der Waals surface area contributed by atoms with Gasteiger partial charge in [-0.25, -0.2) is 4.79 Å². The van der Waals surface area contributed by atoms with Crippen LogP contribution < -0.4 is 10.6 Å². The monoisotopic (exact) mass is 395 g/mol. The number of amides is 4. The Kier molecular flexibility index (Phi) is 5.91. The SMILES string of the molecule is CC(C)CC[C@H](C)NC(=O)CN1C(=O)N[C@@](C)(c2ccc3ccccc3c2)C1=O. The van der Waals surface area contributed by atoms with Gasteiger partial charge < -0.3 is 10.6 Å². The molecule has 0 aromatic heterocycles. The minimum atomic E-state index is -1.19. The minimum Gasteiger partial charge on any atom is -0.352 e. The van der Waals surface area contributed by atoms with Crippen molar-refractivity contribution in [2.75, 3.05) is 6.54 Å². The highest BCUT2D eigenvalue weighted by molar-refractivity contribution is 6.09. The summed E-state index contributed by atoms with van der Waals surface area (Å²) in [6, 6.07) is 13.0. The molecule has 0 bridgehead atoms. The summed E-state index contributed by atoms with van der Waals surface area (Å²) in [4.78, 5) is 38.9. The second kappa shape index (κ2) is 8.23. The van der Waals surface area contributed by atoms with Crippen LogP contribution in [-0.2, 0) is 15.1 Å². The number of carbonyl (C=O) groups is 3. The van der Waals surface area contributed by atoms with Crippen molar-refractivity contribution in [1.82, 2.24) is 15.5 Å². The van der Waals surface area contributed by atoms with Crippen LogP contribution in [0.2, 0.25) is 0 Å². The van der Waals surface area contributed by atoms with E-state index < -0.39 is 17.5 Å². The van der Waals surface area contributed by atoms with Gasteiger partial charge in [0.1, 0.15) is 12.1 Å². The zero-order valence-corrected chi connectivity index (χ0v) is 17.5. The van der Waals surface area contributed by atoms with Gasteiger partial charge in [0.2, 0.25) is 5.91 Å². The first-order valence-electron chi connectivity index (χ1n) is 10.1. The van der Waals surface area contributed by atoms with Gasteiger partial charge in [0, 0.05) is 6.04 Å². The lowest BCUT2D eigenvalue weighted by Gasteiger charge is -2.23. The maximum Gasteiger partial charge on any atom is 0.325 e. The van der Waals surface area contributed by atoms with Gasteiger partial charge in [-0.2, -0.15) is 0 Å². The van der Waals surface area contributed by atoms with Crippen molar-refractivity contribution in [2.24, 2.45) is 5.92 Å². The van der Waals surface area contributed by atoms with Crippen molar-refractivity contribution < 1.29 is 14.4 Å². The Hall–Kier alpha value is -2.89. The molecule has 2 aromatic rings.